The molecule has 0 spiro atoms. The van der Waals surface area contributed by atoms with Crippen LogP contribution in [0.25, 0.3) is 6.08 Å². The number of ether oxygens (including phenoxy) is 4. The fourth-order valence-corrected chi connectivity index (χ4v) is 2.53. The van der Waals surface area contributed by atoms with E-state index in [1.807, 2.05) is 30.3 Å². The maximum atomic E-state index is 12.7. The molecule has 1 amide bonds. The predicted molar refractivity (Wildman–Crippen MR) is 97.4 cm³/mol. The molecular weight excluding hydrogens is 350 g/mol. The van der Waals surface area contributed by atoms with Crippen molar-refractivity contribution in [2.75, 3.05) is 27.4 Å². The highest BCUT2D eigenvalue weighted by molar-refractivity contribution is 5.92. The Kier molecular flexibility index (Phi) is 5.61. The fourth-order valence-electron chi connectivity index (χ4n) is 2.53. The van der Waals surface area contributed by atoms with Crippen molar-refractivity contribution >= 4 is 18.1 Å². The maximum absolute atomic E-state index is 12.7. The van der Waals surface area contributed by atoms with E-state index < -0.39 is 12.1 Å². The number of benzene rings is 2. The summed E-state index contributed by atoms with van der Waals surface area (Å²) in [5.74, 6) is 0.357. The van der Waals surface area contributed by atoms with Crippen molar-refractivity contribution < 1.29 is 28.5 Å². The summed E-state index contributed by atoms with van der Waals surface area (Å²) < 4.78 is 20.8. The number of hydrogen-bond donors (Lipinski definition) is 0. The molecule has 140 valence electrons. The van der Waals surface area contributed by atoms with Gasteiger partial charge in [0.2, 0.25) is 5.88 Å². The largest absolute Gasteiger partial charge is 0.497 e. The summed E-state index contributed by atoms with van der Waals surface area (Å²) in [7, 11) is 2.98. The van der Waals surface area contributed by atoms with E-state index in [9.17, 15) is 9.59 Å². The lowest BCUT2D eigenvalue weighted by atomic mass is 10.2. The van der Waals surface area contributed by atoms with E-state index >= 15 is 0 Å². The normalized spacial score (nSPS) is 13.9. The van der Waals surface area contributed by atoms with Crippen LogP contribution < -0.4 is 9.47 Å². The Morgan fingerprint density at radius 3 is 2.30 bits per heavy atom. The van der Waals surface area contributed by atoms with Crippen LogP contribution in [0.4, 0.5) is 4.79 Å². The predicted octanol–water partition coefficient (Wildman–Crippen LogP) is 3.31. The van der Waals surface area contributed by atoms with Crippen LogP contribution in [-0.4, -0.2) is 44.3 Å². The molecule has 1 aliphatic heterocycles. The molecule has 0 aliphatic carbocycles. The molecule has 7 nitrogen and oxygen atoms in total. The highest BCUT2D eigenvalue weighted by atomic mass is 16.6. The molecule has 0 radical (unpaired) electrons. The summed E-state index contributed by atoms with van der Waals surface area (Å²) in [6, 6.07) is 14.0. The molecule has 27 heavy (non-hydrogen) atoms. The number of esters is 1. The third-order valence-corrected chi connectivity index (χ3v) is 3.90. The van der Waals surface area contributed by atoms with Gasteiger partial charge in [-0.05, 0) is 17.7 Å². The number of nitrogens with zero attached hydrogens (tertiary/aromatic N) is 1. The van der Waals surface area contributed by atoms with Crippen molar-refractivity contribution in [2.24, 2.45) is 0 Å². The lowest BCUT2D eigenvalue weighted by molar-refractivity contribution is 0.0542. The second-order valence-electron chi connectivity index (χ2n) is 5.65. The number of carbonyl (C=O) groups is 2. The third-order valence-electron chi connectivity index (χ3n) is 3.90. The Morgan fingerprint density at radius 1 is 1.07 bits per heavy atom. The van der Waals surface area contributed by atoms with Crippen LogP contribution in [0.15, 0.2) is 54.4 Å². The minimum Gasteiger partial charge on any atom is -0.497 e. The zero-order valence-electron chi connectivity index (χ0n) is 15.0. The van der Waals surface area contributed by atoms with Crippen molar-refractivity contribution in [1.29, 1.82) is 0 Å². The average Bonchev–Trinajstić information content (AvgIpc) is 3.13. The molecule has 7 heteroatoms. The molecule has 0 atom stereocenters. The second kappa shape index (κ2) is 8.27. The van der Waals surface area contributed by atoms with Crippen LogP contribution in [0.5, 0.6) is 11.5 Å². The highest BCUT2D eigenvalue weighted by Gasteiger charge is 2.29. The van der Waals surface area contributed by atoms with Crippen molar-refractivity contribution in [1.82, 2.24) is 4.90 Å². The first-order chi connectivity index (χ1) is 13.1. The highest BCUT2D eigenvalue weighted by Crippen LogP contribution is 2.25. The van der Waals surface area contributed by atoms with Crippen molar-refractivity contribution in [2.45, 2.75) is 0 Å². The lowest BCUT2D eigenvalue weighted by Gasteiger charge is -2.17. The Morgan fingerprint density at radius 2 is 1.74 bits per heavy atom. The van der Waals surface area contributed by atoms with Crippen molar-refractivity contribution in [3.8, 4) is 11.5 Å². The number of carbonyl (C=O) groups excluding carboxylic acids is 2. The summed E-state index contributed by atoms with van der Waals surface area (Å²) in [5, 5.41) is 0. The summed E-state index contributed by atoms with van der Waals surface area (Å²) in [6.45, 7) is 0.529. The van der Waals surface area contributed by atoms with E-state index in [1.54, 1.807) is 12.1 Å². The first-order valence-electron chi connectivity index (χ1n) is 8.27. The number of hydrogen-bond acceptors (Lipinski definition) is 6. The van der Waals surface area contributed by atoms with Gasteiger partial charge in [0.1, 0.15) is 18.1 Å². The lowest BCUT2D eigenvalue weighted by Crippen LogP contribution is -2.26. The Hall–Kier alpha value is -3.48. The molecule has 3 rings (SSSR count). The van der Waals surface area contributed by atoms with Gasteiger partial charge in [-0.2, -0.15) is 0 Å². The monoisotopic (exact) mass is 369 g/mol. The Bertz CT molecular complexity index is 840. The number of rotatable bonds is 6. The molecule has 0 bridgehead atoms. The number of cyclic esters (lactones) is 1. The van der Waals surface area contributed by atoms with Crippen LogP contribution in [0.2, 0.25) is 0 Å². The van der Waals surface area contributed by atoms with E-state index in [0.29, 0.717) is 18.0 Å². The van der Waals surface area contributed by atoms with Gasteiger partial charge in [-0.15, -0.1) is 0 Å². The maximum Gasteiger partial charge on any atom is 0.416 e. The zero-order valence-corrected chi connectivity index (χ0v) is 15.0. The first kappa shape index (κ1) is 18.3. The molecule has 0 saturated carbocycles. The minimum absolute atomic E-state index is 0.0930. The molecule has 1 heterocycles. The molecule has 1 fully saturated rings. The van der Waals surface area contributed by atoms with Gasteiger partial charge in [0.25, 0.3) is 0 Å². The Labute approximate surface area is 156 Å². The average molecular weight is 369 g/mol. The van der Waals surface area contributed by atoms with Crippen LogP contribution in [0.1, 0.15) is 15.9 Å². The molecule has 1 aliphatic rings. The smallest absolute Gasteiger partial charge is 0.416 e. The quantitative estimate of drug-likeness (QED) is 0.574. The summed E-state index contributed by atoms with van der Waals surface area (Å²) in [5.41, 5.74) is 1.01. The molecular formula is C20H19NO6. The number of methoxy groups -OCH3 is 2. The van der Waals surface area contributed by atoms with Crippen molar-refractivity contribution in [3.63, 3.8) is 0 Å². The van der Waals surface area contributed by atoms with Gasteiger partial charge in [-0.1, -0.05) is 30.3 Å². The summed E-state index contributed by atoms with van der Waals surface area (Å²) >= 11 is 0. The molecule has 1 saturated heterocycles. The second-order valence-corrected chi connectivity index (χ2v) is 5.65. The Balaban J connectivity index is 1.91. The van der Waals surface area contributed by atoms with Gasteiger partial charge in [-0.3, -0.25) is 0 Å². The van der Waals surface area contributed by atoms with Crippen LogP contribution in [0, 0.1) is 0 Å². The topological polar surface area (TPSA) is 74.3 Å². The molecule has 2 aromatic rings. The van der Waals surface area contributed by atoms with Gasteiger partial charge in [-0.25, -0.2) is 14.5 Å². The van der Waals surface area contributed by atoms with E-state index in [4.69, 9.17) is 18.9 Å². The summed E-state index contributed by atoms with van der Waals surface area (Å²) in [6.07, 6.45) is 1.05. The minimum atomic E-state index is -0.644. The van der Waals surface area contributed by atoms with Gasteiger partial charge in [0.05, 0.1) is 26.3 Å². The number of amides is 1. The van der Waals surface area contributed by atoms with Gasteiger partial charge in [0.15, 0.2) is 0 Å². The van der Waals surface area contributed by atoms with E-state index in [-0.39, 0.29) is 18.1 Å². The molecule has 0 unspecified atom stereocenters. The standard InChI is InChI=1S/C20H19NO6/c1-24-16-11-15(12-17(13-16)25-2)19(22)27-18(21-8-9-26-20(21)23)10-14-6-4-3-5-7-14/h3-7,10-13H,8-9H2,1-2H3/b18-10+. The van der Waals surface area contributed by atoms with Crippen LogP contribution in [0.3, 0.4) is 0 Å². The fraction of sp³-hybridized carbons (Fsp3) is 0.200. The van der Waals surface area contributed by atoms with E-state index in [0.717, 1.165) is 5.56 Å². The van der Waals surface area contributed by atoms with Crippen LogP contribution >= 0.6 is 0 Å². The third kappa shape index (κ3) is 4.38. The first-order valence-corrected chi connectivity index (χ1v) is 8.27. The van der Waals surface area contributed by atoms with Gasteiger partial charge in [0, 0.05) is 12.1 Å². The van der Waals surface area contributed by atoms with E-state index in [1.165, 1.54) is 31.3 Å². The zero-order chi connectivity index (χ0) is 19.2. The van der Waals surface area contributed by atoms with Gasteiger partial charge < -0.3 is 18.9 Å². The summed E-state index contributed by atoms with van der Waals surface area (Å²) in [4.78, 5) is 25.9. The SMILES string of the molecule is COc1cc(OC)cc(C(=O)O/C(=C/c2ccccc2)N2CCOC2=O)c1. The molecule has 0 N–H and O–H groups in total. The van der Waals surface area contributed by atoms with E-state index in [2.05, 4.69) is 0 Å². The molecule has 2 aromatic carbocycles. The van der Waals surface area contributed by atoms with Crippen molar-refractivity contribution in [3.05, 3.63) is 65.5 Å². The van der Waals surface area contributed by atoms with Gasteiger partial charge >= 0.3 is 12.1 Å². The van der Waals surface area contributed by atoms with Crippen LogP contribution in [-0.2, 0) is 9.47 Å². The molecule has 0 aromatic heterocycles.